The van der Waals surface area contributed by atoms with Crippen LogP contribution in [0.1, 0.15) is 89.5 Å². The fraction of sp³-hybridized carbons (Fsp3) is 0.625. The van der Waals surface area contributed by atoms with E-state index in [-0.39, 0.29) is 5.91 Å². The van der Waals surface area contributed by atoms with E-state index in [2.05, 4.69) is 41.6 Å². The van der Waals surface area contributed by atoms with Crippen LogP contribution in [0.4, 0.5) is 0 Å². The monoisotopic (exact) mass is 370 g/mol. The molecule has 2 aromatic rings. The summed E-state index contributed by atoms with van der Waals surface area (Å²) in [6, 6.07) is 8.32. The molecule has 0 radical (unpaired) electrons. The number of amides is 1. The number of aromatic nitrogens is 1. The molecule has 1 heterocycles. The first-order chi connectivity index (χ1) is 13.3. The molecule has 0 unspecified atom stereocenters. The predicted octanol–water partition coefficient (Wildman–Crippen LogP) is 6.53. The largest absolute Gasteiger partial charge is 0.361 e. The molecule has 0 saturated carbocycles. The molecule has 0 fully saturated rings. The molecule has 2 rings (SSSR count). The Labute approximate surface area is 165 Å². The first kappa shape index (κ1) is 21.5. The van der Waals surface area contributed by atoms with Crippen LogP contribution in [0.25, 0.3) is 10.9 Å². The van der Waals surface area contributed by atoms with Crippen LogP contribution >= 0.6 is 0 Å². The zero-order valence-corrected chi connectivity index (χ0v) is 17.2. The van der Waals surface area contributed by atoms with Crippen LogP contribution < -0.4 is 5.32 Å². The lowest BCUT2D eigenvalue weighted by atomic mass is 10.1. The number of nitrogens with one attached hydrogen (secondary N) is 2. The van der Waals surface area contributed by atoms with Crippen molar-refractivity contribution < 1.29 is 4.79 Å². The van der Waals surface area contributed by atoms with Crippen LogP contribution in [0, 0.1) is 0 Å². The molecule has 0 aliphatic carbocycles. The van der Waals surface area contributed by atoms with E-state index in [1.165, 1.54) is 80.7 Å². The Kier molecular flexibility index (Phi) is 10.7. The maximum absolute atomic E-state index is 12.0. The summed E-state index contributed by atoms with van der Waals surface area (Å²) in [5.41, 5.74) is 2.44. The van der Waals surface area contributed by atoms with Crippen molar-refractivity contribution >= 4 is 16.8 Å². The van der Waals surface area contributed by atoms with Crippen LogP contribution in [-0.2, 0) is 11.2 Å². The van der Waals surface area contributed by atoms with Gasteiger partial charge in [-0.2, -0.15) is 0 Å². The van der Waals surface area contributed by atoms with Gasteiger partial charge in [0.25, 0.3) is 0 Å². The Balaban J connectivity index is 1.43. The predicted molar refractivity (Wildman–Crippen MR) is 116 cm³/mol. The van der Waals surface area contributed by atoms with Crippen LogP contribution in [0.3, 0.4) is 0 Å². The number of carbonyl (C=O) groups is 1. The van der Waals surface area contributed by atoms with Gasteiger partial charge in [0.2, 0.25) is 5.91 Å². The molecular formula is C24H38N2O. The summed E-state index contributed by atoms with van der Waals surface area (Å²) in [4.78, 5) is 15.3. The minimum atomic E-state index is 0.200. The fourth-order valence-corrected chi connectivity index (χ4v) is 3.71. The molecule has 1 amide bonds. The van der Waals surface area contributed by atoms with Crippen LogP contribution in [0.15, 0.2) is 30.5 Å². The lowest BCUT2D eigenvalue weighted by Crippen LogP contribution is -2.25. The summed E-state index contributed by atoms with van der Waals surface area (Å²) in [6.45, 7) is 2.99. The molecule has 3 nitrogen and oxygen atoms in total. The highest BCUT2D eigenvalue weighted by Crippen LogP contribution is 2.17. The molecule has 0 atom stereocenters. The minimum Gasteiger partial charge on any atom is -0.361 e. The zero-order valence-electron chi connectivity index (χ0n) is 17.2. The number of carbonyl (C=O) groups excluding carboxylic acids is 1. The number of unbranched alkanes of at least 4 members (excludes halogenated alkanes) is 10. The number of aromatic amines is 1. The Hall–Kier alpha value is -1.77. The van der Waals surface area contributed by atoms with Crippen molar-refractivity contribution in [3.05, 3.63) is 36.0 Å². The van der Waals surface area contributed by atoms with E-state index in [9.17, 15) is 4.79 Å². The smallest absolute Gasteiger partial charge is 0.220 e. The Morgan fingerprint density at radius 3 is 2.22 bits per heavy atom. The number of rotatable bonds is 15. The van der Waals surface area contributed by atoms with Gasteiger partial charge >= 0.3 is 0 Å². The second-order valence-corrected chi connectivity index (χ2v) is 7.74. The number of fused-ring (bicyclic) bond motifs is 1. The van der Waals surface area contributed by atoms with Gasteiger partial charge < -0.3 is 10.3 Å². The van der Waals surface area contributed by atoms with Crippen molar-refractivity contribution in [3.63, 3.8) is 0 Å². The lowest BCUT2D eigenvalue weighted by Gasteiger charge is -2.05. The van der Waals surface area contributed by atoms with Gasteiger partial charge in [-0.05, 0) is 24.5 Å². The van der Waals surface area contributed by atoms with E-state index in [1.807, 2.05) is 6.07 Å². The average Bonchev–Trinajstić information content (AvgIpc) is 3.09. The van der Waals surface area contributed by atoms with Crippen LogP contribution in [0.2, 0.25) is 0 Å². The molecule has 0 aliphatic heterocycles. The molecule has 0 spiro atoms. The van der Waals surface area contributed by atoms with Crippen molar-refractivity contribution in [2.75, 3.05) is 6.54 Å². The van der Waals surface area contributed by atoms with Gasteiger partial charge in [0.1, 0.15) is 0 Å². The Bertz CT molecular complexity index is 647. The van der Waals surface area contributed by atoms with E-state index in [0.717, 1.165) is 19.4 Å². The first-order valence-corrected chi connectivity index (χ1v) is 11.1. The van der Waals surface area contributed by atoms with Crippen molar-refractivity contribution in [1.82, 2.24) is 10.3 Å². The second-order valence-electron chi connectivity index (χ2n) is 7.74. The standard InChI is InChI=1S/C24H38N2O/c1-2-3-4-5-6-7-8-9-10-11-12-17-24(27)25-19-18-21-20-26-23-16-14-13-15-22(21)23/h13-16,20,26H,2-12,17-19H2,1H3,(H,25,27). The average molecular weight is 371 g/mol. The third-order valence-electron chi connectivity index (χ3n) is 5.40. The summed E-state index contributed by atoms with van der Waals surface area (Å²) in [5, 5.41) is 4.33. The summed E-state index contributed by atoms with van der Waals surface area (Å²) >= 11 is 0. The van der Waals surface area contributed by atoms with Gasteiger partial charge in [-0.1, -0.05) is 89.3 Å². The second kappa shape index (κ2) is 13.4. The first-order valence-electron chi connectivity index (χ1n) is 11.1. The number of para-hydroxylation sites is 1. The SMILES string of the molecule is CCCCCCCCCCCCCC(=O)NCCc1c[nH]c2ccccc12. The van der Waals surface area contributed by atoms with Gasteiger partial charge in [-0.3, -0.25) is 4.79 Å². The topological polar surface area (TPSA) is 44.9 Å². The highest BCUT2D eigenvalue weighted by atomic mass is 16.1. The molecule has 0 aliphatic rings. The van der Waals surface area contributed by atoms with Crippen LogP contribution in [0.5, 0.6) is 0 Å². The molecular weight excluding hydrogens is 332 g/mol. The van der Waals surface area contributed by atoms with Gasteiger partial charge in [-0.25, -0.2) is 0 Å². The molecule has 1 aromatic carbocycles. The number of H-pyrrole nitrogens is 1. The minimum absolute atomic E-state index is 0.200. The Morgan fingerprint density at radius 2 is 1.52 bits per heavy atom. The highest BCUT2D eigenvalue weighted by Gasteiger charge is 2.04. The summed E-state index contributed by atoms with van der Waals surface area (Å²) in [6.07, 6.45) is 18.1. The van der Waals surface area contributed by atoms with E-state index < -0.39 is 0 Å². The van der Waals surface area contributed by atoms with Gasteiger partial charge in [0, 0.05) is 30.1 Å². The van der Waals surface area contributed by atoms with Crippen molar-refractivity contribution in [2.45, 2.75) is 90.4 Å². The highest BCUT2D eigenvalue weighted by molar-refractivity contribution is 5.83. The van der Waals surface area contributed by atoms with E-state index in [4.69, 9.17) is 0 Å². The van der Waals surface area contributed by atoms with Gasteiger partial charge in [-0.15, -0.1) is 0 Å². The van der Waals surface area contributed by atoms with Gasteiger partial charge in [0.05, 0.1) is 0 Å². The van der Waals surface area contributed by atoms with E-state index in [0.29, 0.717) is 6.42 Å². The third-order valence-corrected chi connectivity index (χ3v) is 5.40. The Morgan fingerprint density at radius 1 is 0.889 bits per heavy atom. The number of hydrogen-bond acceptors (Lipinski definition) is 1. The molecule has 0 bridgehead atoms. The zero-order chi connectivity index (χ0) is 19.2. The van der Waals surface area contributed by atoms with E-state index >= 15 is 0 Å². The fourth-order valence-electron chi connectivity index (χ4n) is 3.71. The van der Waals surface area contributed by atoms with Crippen molar-refractivity contribution in [1.29, 1.82) is 0 Å². The van der Waals surface area contributed by atoms with Crippen molar-refractivity contribution in [2.24, 2.45) is 0 Å². The summed E-state index contributed by atoms with van der Waals surface area (Å²) in [7, 11) is 0. The maximum Gasteiger partial charge on any atom is 0.220 e. The van der Waals surface area contributed by atoms with Crippen LogP contribution in [-0.4, -0.2) is 17.4 Å². The summed E-state index contributed by atoms with van der Waals surface area (Å²) < 4.78 is 0. The number of hydrogen-bond donors (Lipinski definition) is 2. The molecule has 150 valence electrons. The summed E-state index contributed by atoms with van der Waals surface area (Å²) in [5.74, 6) is 0.200. The van der Waals surface area contributed by atoms with E-state index in [1.54, 1.807) is 0 Å². The normalized spacial score (nSPS) is 11.1. The molecule has 27 heavy (non-hydrogen) atoms. The molecule has 0 saturated heterocycles. The third kappa shape index (κ3) is 8.64. The van der Waals surface area contributed by atoms with Gasteiger partial charge in [0.15, 0.2) is 0 Å². The van der Waals surface area contributed by atoms with Crippen molar-refractivity contribution in [3.8, 4) is 0 Å². The maximum atomic E-state index is 12.0. The quantitative estimate of drug-likeness (QED) is 0.344. The molecule has 1 aromatic heterocycles. The lowest BCUT2D eigenvalue weighted by molar-refractivity contribution is -0.121. The molecule has 3 heteroatoms. The number of benzene rings is 1. The molecule has 2 N–H and O–H groups in total.